The SMILES string of the molecule is Cc1cnn(CCn2c(CCl)nc3cc(Cl)c(Cl)cc32)c1. The number of imidazole rings is 1. The van der Waals surface area contributed by atoms with Crippen molar-refractivity contribution in [2.45, 2.75) is 25.9 Å². The van der Waals surface area contributed by atoms with Gasteiger partial charge in [-0.3, -0.25) is 4.68 Å². The van der Waals surface area contributed by atoms with Crippen molar-refractivity contribution >= 4 is 45.8 Å². The standard InChI is InChI=1S/C14H13Cl3N4/c1-9-7-18-20(8-9)2-3-21-13-5-11(17)10(16)4-12(13)19-14(21)6-15/h4-5,7-8H,2-3,6H2,1H3. The van der Waals surface area contributed by atoms with E-state index in [9.17, 15) is 0 Å². The summed E-state index contributed by atoms with van der Waals surface area (Å²) >= 11 is 18.1. The third kappa shape index (κ3) is 2.89. The molecule has 4 nitrogen and oxygen atoms in total. The molecule has 0 aliphatic carbocycles. The van der Waals surface area contributed by atoms with E-state index in [1.165, 1.54) is 0 Å². The number of alkyl halides is 1. The molecular weight excluding hydrogens is 331 g/mol. The maximum Gasteiger partial charge on any atom is 0.124 e. The summed E-state index contributed by atoms with van der Waals surface area (Å²) in [5.74, 6) is 1.14. The third-order valence-corrected chi connectivity index (χ3v) is 4.27. The molecule has 0 radical (unpaired) electrons. The molecular formula is C14H13Cl3N4. The van der Waals surface area contributed by atoms with Crippen LogP contribution >= 0.6 is 34.8 Å². The molecule has 0 bridgehead atoms. The molecule has 0 spiro atoms. The summed E-state index contributed by atoms with van der Waals surface area (Å²) in [5.41, 5.74) is 2.87. The van der Waals surface area contributed by atoms with Gasteiger partial charge in [0.15, 0.2) is 0 Å². The molecule has 0 unspecified atom stereocenters. The zero-order valence-electron chi connectivity index (χ0n) is 11.4. The van der Waals surface area contributed by atoms with Crippen molar-refractivity contribution in [2.75, 3.05) is 0 Å². The highest BCUT2D eigenvalue weighted by molar-refractivity contribution is 6.42. The minimum Gasteiger partial charge on any atom is -0.325 e. The van der Waals surface area contributed by atoms with E-state index in [1.54, 1.807) is 6.07 Å². The number of halogens is 3. The lowest BCUT2D eigenvalue weighted by Crippen LogP contribution is -2.10. The molecule has 3 aromatic rings. The number of nitrogens with zero attached hydrogens (tertiary/aromatic N) is 4. The van der Waals surface area contributed by atoms with Gasteiger partial charge >= 0.3 is 0 Å². The highest BCUT2D eigenvalue weighted by Crippen LogP contribution is 2.28. The Morgan fingerprint density at radius 1 is 1.14 bits per heavy atom. The molecule has 2 aromatic heterocycles. The van der Waals surface area contributed by atoms with E-state index < -0.39 is 0 Å². The zero-order valence-corrected chi connectivity index (χ0v) is 13.6. The summed E-state index contributed by atoms with van der Waals surface area (Å²) in [6.07, 6.45) is 3.84. The summed E-state index contributed by atoms with van der Waals surface area (Å²) in [4.78, 5) is 4.51. The molecule has 110 valence electrons. The predicted octanol–water partition coefficient (Wildman–Crippen LogP) is 4.29. The Morgan fingerprint density at radius 3 is 2.57 bits per heavy atom. The molecule has 0 aliphatic heterocycles. The first kappa shape index (κ1) is 14.7. The Hall–Kier alpha value is -1.23. The summed E-state index contributed by atoms with van der Waals surface area (Å²) < 4.78 is 3.96. The van der Waals surface area contributed by atoms with Gasteiger partial charge in [0, 0.05) is 12.7 Å². The van der Waals surface area contributed by atoms with Crippen molar-refractivity contribution in [1.29, 1.82) is 0 Å². The minimum absolute atomic E-state index is 0.335. The van der Waals surface area contributed by atoms with E-state index in [4.69, 9.17) is 34.8 Å². The Labute approximate surface area is 137 Å². The van der Waals surface area contributed by atoms with E-state index >= 15 is 0 Å². The Bertz CT molecular complexity index is 791. The van der Waals surface area contributed by atoms with Crippen LogP contribution < -0.4 is 0 Å². The smallest absolute Gasteiger partial charge is 0.124 e. The normalized spacial score (nSPS) is 11.4. The molecule has 1 aromatic carbocycles. The van der Waals surface area contributed by atoms with Gasteiger partial charge < -0.3 is 4.57 Å². The lowest BCUT2D eigenvalue weighted by Gasteiger charge is -2.08. The van der Waals surface area contributed by atoms with E-state index in [2.05, 4.69) is 14.6 Å². The Kier molecular flexibility index (Phi) is 4.11. The first-order valence-corrected chi connectivity index (χ1v) is 7.76. The highest BCUT2D eigenvalue weighted by atomic mass is 35.5. The van der Waals surface area contributed by atoms with Gasteiger partial charge in [0.1, 0.15) is 5.82 Å². The van der Waals surface area contributed by atoms with Crippen LogP contribution in [-0.4, -0.2) is 19.3 Å². The number of aromatic nitrogens is 4. The molecule has 0 amide bonds. The van der Waals surface area contributed by atoms with Crippen LogP contribution in [0.25, 0.3) is 11.0 Å². The van der Waals surface area contributed by atoms with Crippen molar-refractivity contribution in [1.82, 2.24) is 19.3 Å². The van der Waals surface area contributed by atoms with Crippen LogP contribution in [-0.2, 0) is 19.0 Å². The van der Waals surface area contributed by atoms with Crippen LogP contribution in [0.3, 0.4) is 0 Å². The molecule has 0 aliphatic rings. The second-order valence-electron chi connectivity index (χ2n) is 4.85. The molecule has 0 fully saturated rings. The maximum atomic E-state index is 6.11. The first-order valence-electron chi connectivity index (χ1n) is 6.47. The van der Waals surface area contributed by atoms with Gasteiger partial charge in [-0.1, -0.05) is 23.2 Å². The van der Waals surface area contributed by atoms with E-state index in [-0.39, 0.29) is 0 Å². The van der Waals surface area contributed by atoms with Crippen LogP contribution in [0.5, 0.6) is 0 Å². The molecule has 7 heteroatoms. The first-order chi connectivity index (χ1) is 10.1. The number of rotatable bonds is 4. The average Bonchev–Trinajstić information content (AvgIpc) is 3.01. The van der Waals surface area contributed by atoms with Gasteiger partial charge in [-0.2, -0.15) is 5.10 Å². The van der Waals surface area contributed by atoms with Crippen molar-refractivity contribution in [3.8, 4) is 0 Å². The summed E-state index contributed by atoms with van der Waals surface area (Å²) in [5, 5.41) is 5.30. The fourth-order valence-electron chi connectivity index (χ4n) is 2.31. The maximum absolute atomic E-state index is 6.11. The Morgan fingerprint density at radius 2 is 1.90 bits per heavy atom. The summed E-state index contributed by atoms with van der Waals surface area (Å²) in [7, 11) is 0. The van der Waals surface area contributed by atoms with E-state index in [0.29, 0.717) is 15.9 Å². The second kappa shape index (κ2) is 5.87. The topological polar surface area (TPSA) is 35.6 Å². The molecule has 0 N–H and O–H groups in total. The number of benzene rings is 1. The van der Waals surface area contributed by atoms with Crippen LogP contribution in [0.2, 0.25) is 10.0 Å². The van der Waals surface area contributed by atoms with E-state index in [1.807, 2.05) is 30.1 Å². The van der Waals surface area contributed by atoms with Crippen molar-refractivity contribution in [3.05, 3.63) is 46.0 Å². The van der Waals surface area contributed by atoms with Gasteiger partial charge in [0.25, 0.3) is 0 Å². The predicted molar refractivity (Wildman–Crippen MR) is 86.3 cm³/mol. The number of aryl methyl sites for hydroxylation is 3. The fourth-order valence-corrected chi connectivity index (χ4v) is 2.83. The van der Waals surface area contributed by atoms with Gasteiger partial charge in [-0.05, 0) is 24.6 Å². The quantitative estimate of drug-likeness (QED) is 0.663. The summed E-state index contributed by atoms with van der Waals surface area (Å²) in [6, 6.07) is 3.60. The second-order valence-corrected chi connectivity index (χ2v) is 5.93. The number of hydrogen-bond donors (Lipinski definition) is 0. The van der Waals surface area contributed by atoms with Gasteiger partial charge in [0.05, 0.1) is 39.7 Å². The van der Waals surface area contributed by atoms with Crippen LogP contribution in [0.1, 0.15) is 11.4 Å². The van der Waals surface area contributed by atoms with Gasteiger partial charge in [0.2, 0.25) is 0 Å². The van der Waals surface area contributed by atoms with E-state index in [0.717, 1.165) is 35.5 Å². The van der Waals surface area contributed by atoms with Crippen molar-refractivity contribution in [2.24, 2.45) is 0 Å². The molecule has 0 saturated carbocycles. The third-order valence-electron chi connectivity index (χ3n) is 3.30. The summed E-state index contributed by atoms with van der Waals surface area (Å²) in [6.45, 7) is 3.48. The monoisotopic (exact) mass is 342 g/mol. The molecule has 2 heterocycles. The largest absolute Gasteiger partial charge is 0.325 e. The van der Waals surface area contributed by atoms with Gasteiger partial charge in [-0.15, -0.1) is 11.6 Å². The lowest BCUT2D eigenvalue weighted by molar-refractivity contribution is 0.533. The minimum atomic E-state index is 0.335. The molecule has 3 rings (SSSR count). The Balaban J connectivity index is 1.97. The molecule has 0 atom stereocenters. The molecule has 21 heavy (non-hydrogen) atoms. The van der Waals surface area contributed by atoms with Crippen LogP contribution in [0, 0.1) is 6.92 Å². The highest BCUT2D eigenvalue weighted by Gasteiger charge is 2.12. The van der Waals surface area contributed by atoms with Crippen molar-refractivity contribution in [3.63, 3.8) is 0 Å². The average molecular weight is 344 g/mol. The number of hydrogen-bond acceptors (Lipinski definition) is 2. The van der Waals surface area contributed by atoms with Crippen molar-refractivity contribution < 1.29 is 0 Å². The number of fused-ring (bicyclic) bond motifs is 1. The van der Waals surface area contributed by atoms with Crippen LogP contribution in [0.15, 0.2) is 24.5 Å². The molecule has 0 saturated heterocycles. The zero-order chi connectivity index (χ0) is 15.0. The van der Waals surface area contributed by atoms with Gasteiger partial charge in [-0.25, -0.2) is 4.98 Å². The van der Waals surface area contributed by atoms with Crippen LogP contribution in [0.4, 0.5) is 0 Å². The fraction of sp³-hybridized carbons (Fsp3) is 0.286. The lowest BCUT2D eigenvalue weighted by atomic mass is 10.3.